The molecule has 0 aromatic rings. The van der Waals surface area contributed by atoms with Gasteiger partial charge in [0.15, 0.2) is 0 Å². The Labute approximate surface area is 402 Å². The predicted octanol–water partition coefficient (Wildman–Crippen LogP) is 10.6. The van der Waals surface area contributed by atoms with Gasteiger partial charge in [-0.3, -0.25) is 24.0 Å². The SMILES string of the molecule is CC/C=C\CCCCOC(=O)CCCCC(=O)OCC(COC(=O)CCCCC(=O)OCCCC/C=C\CC)(COC(=O)CC1CC2CC3CC(C1)(C2)C3)COC(=O)OCCCN(CC)CC. The predicted molar refractivity (Wildman–Crippen MR) is 256 cm³/mol. The Hall–Kier alpha value is -3.94. The van der Waals surface area contributed by atoms with Crippen LogP contribution in [0.4, 0.5) is 4.79 Å². The summed E-state index contributed by atoms with van der Waals surface area (Å²) in [4.78, 5) is 79.6. The number of nitrogens with zero attached hydrogens (tertiary/aromatic N) is 1. The zero-order valence-electron chi connectivity index (χ0n) is 41.8. The van der Waals surface area contributed by atoms with E-state index in [2.05, 4.69) is 56.9 Å². The number of hydrogen-bond acceptors (Lipinski definition) is 14. The van der Waals surface area contributed by atoms with E-state index in [4.69, 9.17) is 33.2 Å². The maximum atomic E-state index is 13.6. The van der Waals surface area contributed by atoms with Crippen LogP contribution in [-0.4, -0.2) is 107 Å². The lowest BCUT2D eigenvalue weighted by Gasteiger charge is -2.60. The van der Waals surface area contributed by atoms with E-state index in [0.717, 1.165) is 89.8 Å². The minimum Gasteiger partial charge on any atom is -0.466 e. The summed E-state index contributed by atoms with van der Waals surface area (Å²) in [5.74, 6) is -0.475. The second-order valence-corrected chi connectivity index (χ2v) is 19.4. The normalized spacial score (nSPS) is 19.7. The van der Waals surface area contributed by atoms with E-state index in [9.17, 15) is 28.8 Å². The highest BCUT2D eigenvalue weighted by Crippen LogP contribution is 2.64. The summed E-state index contributed by atoms with van der Waals surface area (Å²) in [6.07, 6.45) is 24.7. The molecule has 0 aromatic heterocycles. The van der Waals surface area contributed by atoms with Crippen LogP contribution in [0.25, 0.3) is 0 Å². The Morgan fingerprint density at radius 2 is 0.955 bits per heavy atom. The van der Waals surface area contributed by atoms with Gasteiger partial charge in [0.1, 0.15) is 31.8 Å². The average Bonchev–Trinajstić information content (AvgIpc) is 3.30. The number of ether oxygens (including phenoxy) is 7. The van der Waals surface area contributed by atoms with Crippen molar-refractivity contribution in [3.05, 3.63) is 24.3 Å². The van der Waals surface area contributed by atoms with E-state index in [1.165, 1.54) is 25.7 Å². The van der Waals surface area contributed by atoms with Crippen LogP contribution in [0.2, 0.25) is 0 Å². The highest BCUT2D eigenvalue weighted by atomic mass is 16.7. The molecule has 0 amide bonds. The standard InChI is InChI=1S/C53H87NO13/c1-5-9-11-13-15-21-29-61-46(55)24-17-19-26-48(57)64-39-53(42-67-51(60)63-31-23-28-54(7-3)8-4,41-66-50(59)34-44-32-43-33-45-37-52(35-43,36-44)38-45)40-65-49(58)27-20-18-25-47(56)62-30-22-16-14-12-10-6-2/h9-12,43-45H,5-8,13-42H2,1-4H3/b11-9-,12-10-. The van der Waals surface area contributed by atoms with Crippen LogP contribution < -0.4 is 0 Å². The van der Waals surface area contributed by atoms with Gasteiger partial charge in [-0.05, 0) is 158 Å². The van der Waals surface area contributed by atoms with Crippen molar-refractivity contribution < 1.29 is 61.9 Å². The lowest BCUT2D eigenvalue weighted by atomic mass is 9.45. The fourth-order valence-corrected chi connectivity index (χ4v) is 9.94. The molecule has 2 unspecified atom stereocenters. The zero-order valence-corrected chi connectivity index (χ0v) is 41.8. The smallest absolute Gasteiger partial charge is 0.466 e. The summed E-state index contributed by atoms with van der Waals surface area (Å²) in [5, 5.41) is 0. The Morgan fingerprint density at radius 3 is 1.45 bits per heavy atom. The largest absolute Gasteiger partial charge is 0.508 e. The average molecular weight is 946 g/mol. The molecule has 4 rings (SSSR count). The molecule has 3 bridgehead atoms. The Balaban J connectivity index is 1.60. The Kier molecular flexibility index (Phi) is 28.7. The number of rotatable bonds is 38. The second-order valence-electron chi connectivity index (χ2n) is 19.4. The molecular formula is C53H87NO13. The van der Waals surface area contributed by atoms with E-state index in [1.54, 1.807) is 0 Å². The number of carbonyl (C=O) groups excluding carboxylic acids is 6. The second kappa shape index (κ2) is 33.5. The third-order valence-electron chi connectivity index (χ3n) is 13.4. The van der Waals surface area contributed by atoms with Crippen LogP contribution in [0.5, 0.6) is 0 Å². The van der Waals surface area contributed by atoms with Gasteiger partial charge in [0, 0.05) is 38.6 Å². The van der Waals surface area contributed by atoms with Crippen LogP contribution in [0.15, 0.2) is 24.3 Å². The molecule has 2 atom stereocenters. The monoisotopic (exact) mass is 946 g/mol. The van der Waals surface area contributed by atoms with E-state index in [0.29, 0.717) is 56.7 Å². The van der Waals surface area contributed by atoms with Gasteiger partial charge in [-0.1, -0.05) is 52.0 Å². The van der Waals surface area contributed by atoms with E-state index in [1.807, 2.05) is 0 Å². The molecule has 4 aliphatic rings. The van der Waals surface area contributed by atoms with Gasteiger partial charge in [0.2, 0.25) is 0 Å². The Bertz CT molecular complexity index is 1450. The summed E-state index contributed by atoms with van der Waals surface area (Å²) < 4.78 is 39.1. The molecular weight excluding hydrogens is 859 g/mol. The first kappa shape index (κ1) is 57.4. The van der Waals surface area contributed by atoms with Crippen molar-refractivity contribution in [1.82, 2.24) is 4.90 Å². The van der Waals surface area contributed by atoms with Gasteiger partial charge in [-0.25, -0.2) is 4.79 Å². The van der Waals surface area contributed by atoms with Crippen molar-refractivity contribution in [3.63, 3.8) is 0 Å². The first-order valence-corrected chi connectivity index (χ1v) is 26.0. The van der Waals surface area contributed by atoms with Gasteiger partial charge in [-0.15, -0.1) is 0 Å². The third kappa shape index (κ3) is 24.8. The summed E-state index contributed by atoms with van der Waals surface area (Å²) >= 11 is 0. The van der Waals surface area contributed by atoms with Crippen LogP contribution in [0.3, 0.4) is 0 Å². The van der Waals surface area contributed by atoms with E-state index >= 15 is 0 Å². The van der Waals surface area contributed by atoms with Gasteiger partial charge < -0.3 is 38.1 Å². The van der Waals surface area contributed by atoms with Crippen molar-refractivity contribution in [2.45, 2.75) is 182 Å². The van der Waals surface area contributed by atoms with Crippen LogP contribution >= 0.6 is 0 Å². The minimum absolute atomic E-state index is 0.00628. The maximum Gasteiger partial charge on any atom is 0.508 e. The fraction of sp³-hybridized carbons (Fsp3) is 0.811. The molecule has 0 aromatic carbocycles. The van der Waals surface area contributed by atoms with Crippen molar-refractivity contribution in [2.75, 3.05) is 65.9 Å². The number of allylic oxidation sites excluding steroid dienone is 4. The fourth-order valence-electron chi connectivity index (χ4n) is 9.94. The molecule has 1 spiro atoms. The molecule has 14 nitrogen and oxygen atoms in total. The number of hydrogen-bond donors (Lipinski definition) is 0. The van der Waals surface area contributed by atoms with Crippen LogP contribution in [0, 0.1) is 28.6 Å². The van der Waals surface area contributed by atoms with Gasteiger partial charge >= 0.3 is 36.0 Å². The molecule has 0 aliphatic heterocycles. The third-order valence-corrected chi connectivity index (χ3v) is 13.4. The van der Waals surface area contributed by atoms with Crippen molar-refractivity contribution >= 4 is 36.0 Å². The molecule has 14 heteroatoms. The zero-order chi connectivity index (χ0) is 48.6. The highest BCUT2D eigenvalue weighted by molar-refractivity contribution is 5.72. The summed E-state index contributed by atoms with van der Waals surface area (Å²) in [6, 6.07) is 0. The Morgan fingerprint density at radius 1 is 0.493 bits per heavy atom. The molecule has 67 heavy (non-hydrogen) atoms. The molecule has 0 saturated heterocycles. The lowest BCUT2D eigenvalue weighted by Crippen LogP contribution is -2.50. The highest BCUT2D eigenvalue weighted by Gasteiger charge is 2.54. The summed E-state index contributed by atoms with van der Waals surface area (Å²) in [5.41, 5.74) is -1.09. The van der Waals surface area contributed by atoms with Crippen LogP contribution in [-0.2, 0) is 57.1 Å². The first-order valence-electron chi connectivity index (χ1n) is 26.0. The van der Waals surface area contributed by atoms with Crippen molar-refractivity contribution in [1.29, 1.82) is 0 Å². The molecule has 4 aliphatic carbocycles. The van der Waals surface area contributed by atoms with Crippen molar-refractivity contribution in [2.24, 2.45) is 28.6 Å². The number of esters is 5. The quantitative estimate of drug-likeness (QED) is 0.0248. The molecule has 0 heterocycles. The summed E-state index contributed by atoms with van der Waals surface area (Å²) in [6.45, 7) is 10.1. The van der Waals surface area contributed by atoms with Crippen molar-refractivity contribution in [3.8, 4) is 0 Å². The topological polar surface area (TPSA) is 170 Å². The molecule has 4 fully saturated rings. The lowest BCUT2D eigenvalue weighted by molar-refractivity contribution is -0.167. The van der Waals surface area contributed by atoms with E-state index in [-0.39, 0.29) is 76.4 Å². The van der Waals surface area contributed by atoms with E-state index < -0.39 is 36.1 Å². The van der Waals surface area contributed by atoms with Crippen LogP contribution in [0.1, 0.15) is 182 Å². The van der Waals surface area contributed by atoms with Gasteiger partial charge in [0.05, 0.1) is 19.8 Å². The molecule has 382 valence electrons. The van der Waals surface area contributed by atoms with Gasteiger partial charge in [-0.2, -0.15) is 0 Å². The molecule has 4 saturated carbocycles. The molecule has 0 radical (unpaired) electrons. The maximum absolute atomic E-state index is 13.6. The van der Waals surface area contributed by atoms with Gasteiger partial charge in [0.25, 0.3) is 0 Å². The minimum atomic E-state index is -1.45. The summed E-state index contributed by atoms with van der Waals surface area (Å²) in [7, 11) is 0. The first-order chi connectivity index (χ1) is 32.4. The number of unbranched alkanes of at least 4 members (excludes halogenated alkanes) is 6. The number of carbonyl (C=O) groups is 6. The molecule has 0 N–H and O–H groups in total.